The molecule has 0 bridgehead atoms. The monoisotopic (exact) mass is 367 g/mol. The van der Waals surface area contributed by atoms with Crippen LogP contribution in [0, 0.1) is 0 Å². The zero-order chi connectivity index (χ0) is 17.2. The van der Waals surface area contributed by atoms with Gasteiger partial charge < -0.3 is 10.3 Å². The van der Waals surface area contributed by atoms with Crippen molar-refractivity contribution in [2.24, 2.45) is 0 Å². The van der Waals surface area contributed by atoms with Crippen LogP contribution >= 0.6 is 22.9 Å². The predicted molar refractivity (Wildman–Crippen MR) is 102 cm³/mol. The first-order valence-electron chi connectivity index (χ1n) is 7.75. The molecule has 0 unspecified atom stereocenters. The minimum atomic E-state index is -0.165. The fourth-order valence-corrected chi connectivity index (χ4v) is 3.60. The summed E-state index contributed by atoms with van der Waals surface area (Å²) < 4.78 is 0. The number of fused-ring (bicyclic) bond motifs is 1. The van der Waals surface area contributed by atoms with Gasteiger partial charge in [0.2, 0.25) is 0 Å². The number of rotatable bonds is 4. The van der Waals surface area contributed by atoms with Crippen molar-refractivity contribution in [1.82, 2.24) is 15.3 Å². The van der Waals surface area contributed by atoms with Crippen LogP contribution in [0.4, 0.5) is 0 Å². The number of thiazole rings is 1. The molecule has 0 aliphatic heterocycles. The van der Waals surface area contributed by atoms with Gasteiger partial charge in [-0.15, -0.1) is 11.3 Å². The fourth-order valence-electron chi connectivity index (χ4n) is 2.59. The Morgan fingerprint density at radius 1 is 1.16 bits per heavy atom. The number of carbonyl (C=O) groups is 1. The number of carbonyl (C=O) groups excluding carboxylic acids is 1. The van der Waals surface area contributed by atoms with E-state index < -0.39 is 0 Å². The Bertz CT molecular complexity index is 1040. The van der Waals surface area contributed by atoms with Gasteiger partial charge in [-0.1, -0.05) is 41.9 Å². The molecule has 0 saturated carbocycles. The maximum atomic E-state index is 12.3. The maximum absolute atomic E-state index is 12.3. The van der Waals surface area contributed by atoms with Crippen LogP contribution in [0.25, 0.3) is 21.5 Å². The molecule has 1 amide bonds. The van der Waals surface area contributed by atoms with E-state index in [9.17, 15) is 4.79 Å². The molecule has 0 aliphatic carbocycles. The molecule has 0 aliphatic rings. The Labute approximate surface area is 153 Å². The molecule has 2 aromatic heterocycles. The molecule has 4 nitrogen and oxygen atoms in total. The molecule has 4 rings (SSSR count). The van der Waals surface area contributed by atoms with Crippen LogP contribution < -0.4 is 5.32 Å². The van der Waals surface area contributed by atoms with Crippen LogP contribution in [0.2, 0.25) is 5.02 Å². The molecule has 0 atom stereocenters. The number of benzene rings is 2. The summed E-state index contributed by atoms with van der Waals surface area (Å²) in [6, 6.07) is 17.3. The third-order valence-electron chi connectivity index (χ3n) is 3.83. The van der Waals surface area contributed by atoms with E-state index in [2.05, 4.69) is 15.3 Å². The van der Waals surface area contributed by atoms with E-state index >= 15 is 0 Å². The standard InChI is InChI=1S/C19H14ClN3OS/c20-14-6-7-16-13(8-14)9-17(23-16)18(24)21-10-15-11-25-19(22-15)12-4-2-1-3-5-12/h1-9,11,23H,10H2,(H,21,24). The van der Waals surface area contributed by atoms with Crippen molar-refractivity contribution in [3.8, 4) is 10.6 Å². The van der Waals surface area contributed by atoms with Gasteiger partial charge in [0.25, 0.3) is 5.91 Å². The van der Waals surface area contributed by atoms with Gasteiger partial charge >= 0.3 is 0 Å². The summed E-state index contributed by atoms with van der Waals surface area (Å²) in [4.78, 5) is 20.0. The maximum Gasteiger partial charge on any atom is 0.268 e. The average molecular weight is 368 g/mol. The van der Waals surface area contributed by atoms with E-state index in [1.54, 1.807) is 23.5 Å². The van der Waals surface area contributed by atoms with Crippen molar-refractivity contribution in [2.45, 2.75) is 6.54 Å². The molecule has 25 heavy (non-hydrogen) atoms. The second-order valence-electron chi connectivity index (χ2n) is 5.61. The van der Waals surface area contributed by atoms with Crippen molar-refractivity contribution < 1.29 is 4.79 Å². The topological polar surface area (TPSA) is 57.8 Å². The van der Waals surface area contributed by atoms with E-state index in [1.165, 1.54) is 0 Å². The minimum absolute atomic E-state index is 0.165. The first-order valence-corrected chi connectivity index (χ1v) is 9.01. The van der Waals surface area contributed by atoms with Crippen LogP contribution in [-0.4, -0.2) is 15.9 Å². The number of aromatic amines is 1. The van der Waals surface area contributed by atoms with Crippen LogP contribution in [0.3, 0.4) is 0 Å². The smallest absolute Gasteiger partial charge is 0.268 e. The largest absolute Gasteiger partial charge is 0.351 e. The van der Waals surface area contributed by atoms with E-state index in [1.807, 2.05) is 47.8 Å². The summed E-state index contributed by atoms with van der Waals surface area (Å²) >= 11 is 7.55. The Morgan fingerprint density at radius 3 is 2.84 bits per heavy atom. The number of halogens is 1. The number of hydrogen-bond donors (Lipinski definition) is 2. The number of aromatic nitrogens is 2. The molecule has 124 valence electrons. The molecular weight excluding hydrogens is 354 g/mol. The molecule has 4 aromatic rings. The van der Waals surface area contributed by atoms with Gasteiger partial charge in [0.1, 0.15) is 10.7 Å². The van der Waals surface area contributed by atoms with Crippen molar-refractivity contribution in [3.63, 3.8) is 0 Å². The van der Waals surface area contributed by atoms with Gasteiger partial charge in [0.15, 0.2) is 0 Å². The van der Waals surface area contributed by atoms with Crippen molar-refractivity contribution >= 4 is 39.7 Å². The average Bonchev–Trinajstić information content (AvgIpc) is 3.27. The van der Waals surface area contributed by atoms with Gasteiger partial charge in [-0.25, -0.2) is 4.98 Å². The zero-order valence-electron chi connectivity index (χ0n) is 13.1. The third kappa shape index (κ3) is 3.43. The number of amides is 1. The van der Waals surface area contributed by atoms with E-state index in [4.69, 9.17) is 11.6 Å². The summed E-state index contributed by atoms with van der Waals surface area (Å²) in [6.07, 6.45) is 0. The molecule has 0 saturated heterocycles. The zero-order valence-corrected chi connectivity index (χ0v) is 14.7. The molecule has 0 fully saturated rings. The highest BCUT2D eigenvalue weighted by molar-refractivity contribution is 7.13. The van der Waals surface area contributed by atoms with Crippen molar-refractivity contribution in [1.29, 1.82) is 0 Å². The highest BCUT2D eigenvalue weighted by atomic mass is 35.5. The van der Waals surface area contributed by atoms with Gasteiger partial charge in [0, 0.05) is 26.9 Å². The lowest BCUT2D eigenvalue weighted by Gasteiger charge is -2.01. The molecule has 6 heteroatoms. The summed E-state index contributed by atoms with van der Waals surface area (Å²) in [7, 11) is 0. The first kappa shape index (κ1) is 15.9. The molecule has 0 radical (unpaired) electrons. The Morgan fingerprint density at radius 2 is 2.00 bits per heavy atom. The highest BCUT2D eigenvalue weighted by Gasteiger charge is 2.11. The summed E-state index contributed by atoms with van der Waals surface area (Å²) in [5, 5.41) is 7.37. The summed E-state index contributed by atoms with van der Waals surface area (Å²) in [5.74, 6) is -0.165. The van der Waals surface area contributed by atoms with Crippen LogP contribution in [-0.2, 0) is 6.54 Å². The lowest BCUT2D eigenvalue weighted by molar-refractivity contribution is 0.0946. The minimum Gasteiger partial charge on any atom is -0.351 e. The molecule has 2 heterocycles. The highest BCUT2D eigenvalue weighted by Crippen LogP contribution is 2.23. The van der Waals surface area contributed by atoms with Gasteiger partial charge in [-0.05, 0) is 24.3 Å². The second-order valence-corrected chi connectivity index (χ2v) is 6.90. The van der Waals surface area contributed by atoms with Crippen molar-refractivity contribution in [3.05, 3.63) is 76.4 Å². The van der Waals surface area contributed by atoms with Gasteiger partial charge in [-0.3, -0.25) is 4.79 Å². The number of hydrogen-bond acceptors (Lipinski definition) is 3. The summed E-state index contributed by atoms with van der Waals surface area (Å²) in [6.45, 7) is 0.387. The number of nitrogens with zero attached hydrogens (tertiary/aromatic N) is 1. The van der Waals surface area contributed by atoms with E-state index in [0.717, 1.165) is 27.2 Å². The lowest BCUT2D eigenvalue weighted by Crippen LogP contribution is -2.23. The molecule has 2 N–H and O–H groups in total. The van der Waals surface area contributed by atoms with E-state index in [0.29, 0.717) is 17.3 Å². The Kier molecular flexibility index (Phi) is 4.26. The molecule has 2 aromatic carbocycles. The quantitative estimate of drug-likeness (QED) is 0.540. The lowest BCUT2D eigenvalue weighted by atomic mass is 10.2. The van der Waals surface area contributed by atoms with Gasteiger partial charge in [-0.2, -0.15) is 0 Å². The summed E-state index contributed by atoms with van der Waals surface area (Å²) in [5.41, 5.74) is 3.32. The Hall–Kier alpha value is -2.63. The SMILES string of the molecule is O=C(NCc1csc(-c2ccccc2)n1)c1cc2cc(Cl)ccc2[nH]1. The van der Waals surface area contributed by atoms with Gasteiger partial charge in [0.05, 0.1) is 12.2 Å². The Balaban J connectivity index is 1.45. The second kappa shape index (κ2) is 6.70. The third-order valence-corrected chi connectivity index (χ3v) is 5.01. The number of H-pyrrole nitrogens is 1. The fraction of sp³-hybridized carbons (Fsp3) is 0.0526. The van der Waals surface area contributed by atoms with E-state index in [-0.39, 0.29) is 5.91 Å². The first-order chi connectivity index (χ1) is 12.2. The molecule has 0 spiro atoms. The number of nitrogens with one attached hydrogen (secondary N) is 2. The molecular formula is C19H14ClN3OS. The van der Waals surface area contributed by atoms with Crippen LogP contribution in [0.15, 0.2) is 60.0 Å². The van der Waals surface area contributed by atoms with Crippen molar-refractivity contribution in [2.75, 3.05) is 0 Å². The predicted octanol–water partition coefficient (Wildman–Crippen LogP) is 4.87. The normalized spacial score (nSPS) is 10.9. The van der Waals surface area contributed by atoms with Crippen LogP contribution in [0.5, 0.6) is 0 Å². The van der Waals surface area contributed by atoms with Crippen LogP contribution in [0.1, 0.15) is 16.2 Å².